The van der Waals surface area contributed by atoms with E-state index >= 15 is 0 Å². The van der Waals surface area contributed by atoms with E-state index < -0.39 is 11.9 Å². The van der Waals surface area contributed by atoms with E-state index in [-0.39, 0.29) is 12.5 Å². The molecule has 38 heavy (non-hydrogen) atoms. The minimum atomic E-state index is -0.480. The lowest BCUT2D eigenvalue weighted by molar-refractivity contribution is -0.126. The third-order valence-corrected chi connectivity index (χ3v) is 6.22. The molecule has 0 bridgehead atoms. The molecule has 0 atom stereocenters. The molecule has 0 aromatic heterocycles. The minimum absolute atomic E-state index is 0.142. The highest BCUT2D eigenvalue weighted by molar-refractivity contribution is 6.04. The van der Waals surface area contributed by atoms with Gasteiger partial charge in [-0.25, -0.2) is 10.2 Å². The lowest BCUT2D eigenvalue weighted by Crippen LogP contribution is -2.34. The van der Waals surface area contributed by atoms with Gasteiger partial charge in [0, 0.05) is 12.0 Å². The van der Waals surface area contributed by atoms with Crippen LogP contribution in [0.3, 0.4) is 0 Å². The highest BCUT2D eigenvalue weighted by Crippen LogP contribution is 2.27. The Labute approximate surface area is 224 Å². The summed E-state index contributed by atoms with van der Waals surface area (Å²) in [5, 5.41) is 8.47. The van der Waals surface area contributed by atoms with Crippen LogP contribution in [0.15, 0.2) is 65.8 Å². The number of nitrogens with zero attached hydrogens (tertiary/aromatic N) is 1. The van der Waals surface area contributed by atoms with E-state index in [4.69, 9.17) is 4.74 Å². The Morgan fingerprint density at radius 3 is 2.42 bits per heavy atom. The van der Waals surface area contributed by atoms with Crippen LogP contribution in [-0.4, -0.2) is 30.5 Å². The number of ether oxygens (including phenoxy) is 1. The second-order valence-corrected chi connectivity index (χ2v) is 9.40. The van der Waals surface area contributed by atoms with Crippen LogP contribution in [0.25, 0.3) is 10.8 Å². The Hall–Kier alpha value is -4.00. The standard InChI is InChI=1S/C31H37N3O4/c1-3-4-5-6-7-8-9-17-29(35)32-22-30(36)34-33-21-27-26-16-11-10-14-24(26)18-19-28(27)38-31(37)25-15-12-13-23(2)20-25/h10-16,18-21H,3-9,17,22H2,1-2H3,(H,32,35)(H,34,36)/b33-21+. The number of nitrogens with one attached hydrogen (secondary N) is 2. The molecule has 0 spiro atoms. The molecule has 0 aliphatic rings. The van der Waals surface area contributed by atoms with Gasteiger partial charge < -0.3 is 10.1 Å². The van der Waals surface area contributed by atoms with Crippen LogP contribution >= 0.6 is 0 Å². The lowest BCUT2D eigenvalue weighted by atomic mass is 10.0. The number of aryl methyl sites for hydroxylation is 1. The number of carbonyl (C=O) groups excluding carboxylic acids is 3. The third-order valence-electron chi connectivity index (χ3n) is 6.22. The lowest BCUT2D eigenvalue weighted by Gasteiger charge is -2.11. The summed E-state index contributed by atoms with van der Waals surface area (Å²) < 4.78 is 5.71. The van der Waals surface area contributed by atoms with E-state index in [1.165, 1.54) is 31.9 Å². The predicted octanol–water partition coefficient (Wildman–Crippen LogP) is 6.07. The first-order chi connectivity index (χ1) is 18.5. The molecule has 0 saturated heterocycles. The zero-order valence-corrected chi connectivity index (χ0v) is 22.3. The Bertz CT molecular complexity index is 1270. The van der Waals surface area contributed by atoms with E-state index in [0.29, 0.717) is 23.3 Å². The van der Waals surface area contributed by atoms with E-state index in [1.807, 2.05) is 43.3 Å². The quantitative estimate of drug-likeness (QED) is 0.0895. The van der Waals surface area contributed by atoms with Crippen LogP contribution in [0.2, 0.25) is 0 Å². The number of hydrazone groups is 1. The Morgan fingerprint density at radius 2 is 1.63 bits per heavy atom. The number of esters is 1. The molecule has 3 aromatic rings. The fourth-order valence-corrected chi connectivity index (χ4v) is 4.15. The molecule has 3 rings (SSSR count). The van der Waals surface area contributed by atoms with Crippen molar-refractivity contribution in [3.05, 3.63) is 77.4 Å². The maximum absolute atomic E-state index is 12.8. The van der Waals surface area contributed by atoms with Crippen molar-refractivity contribution in [1.29, 1.82) is 0 Å². The largest absolute Gasteiger partial charge is 0.422 e. The van der Waals surface area contributed by atoms with Crippen molar-refractivity contribution in [1.82, 2.24) is 10.7 Å². The zero-order valence-electron chi connectivity index (χ0n) is 22.3. The van der Waals surface area contributed by atoms with E-state index in [2.05, 4.69) is 22.8 Å². The Morgan fingerprint density at radius 1 is 0.868 bits per heavy atom. The van der Waals surface area contributed by atoms with Gasteiger partial charge in [0.1, 0.15) is 5.75 Å². The normalized spacial score (nSPS) is 11.0. The van der Waals surface area contributed by atoms with Gasteiger partial charge in [0.25, 0.3) is 5.91 Å². The monoisotopic (exact) mass is 515 g/mol. The van der Waals surface area contributed by atoms with Crippen molar-refractivity contribution < 1.29 is 19.1 Å². The fourth-order valence-electron chi connectivity index (χ4n) is 4.15. The molecule has 0 aliphatic carbocycles. The van der Waals surface area contributed by atoms with Gasteiger partial charge in [-0.15, -0.1) is 0 Å². The minimum Gasteiger partial charge on any atom is -0.422 e. The zero-order chi connectivity index (χ0) is 27.2. The molecule has 0 radical (unpaired) electrons. The van der Waals surface area contributed by atoms with Gasteiger partial charge in [-0.3, -0.25) is 9.59 Å². The van der Waals surface area contributed by atoms with E-state index in [9.17, 15) is 14.4 Å². The van der Waals surface area contributed by atoms with Crippen molar-refractivity contribution >= 4 is 34.8 Å². The number of benzene rings is 3. The third kappa shape index (κ3) is 9.14. The maximum atomic E-state index is 12.8. The highest BCUT2D eigenvalue weighted by atomic mass is 16.5. The van der Waals surface area contributed by atoms with Crippen LogP contribution in [0.5, 0.6) is 5.75 Å². The molecular weight excluding hydrogens is 478 g/mol. The molecule has 200 valence electrons. The van der Waals surface area contributed by atoms with Gasteiger partial charge in [0.2, 0.25) is 5.91 Å². The van der Waals surface area contributed by atoms with Gasteiger partial charge in [0.05, 0.1) is 18.3 Å². The first kappa shape index (κ1) is 28.6. The second-order valence-electron chi connectivity index (χ2n) is 9.40. The smallest absolute Gasteiger partial charge is 0.343 e. The van der Waals surface area contributed by atoms with Crippen molar-refractivity contribution in [3.63, 3.8) is 0 Å². The van der Waals surface area contributed by atoms with Gasteiger partial charge in [-0.05, 0) is 42.3 Å². The van der Waals surface area contributed by atoms with Crippen LogP contribution in [-0.2, 0) is 9.59 Å². The summed E-state index contributed by atoms with van der Waals surface area (Å²) >= 11 is 0. The van der Waals surface area contributed by atoms with Crippen molar-refractivity contribution in [3.8, 4) is 5.75 Å². The highest BCUT2D eigenvalue weighted by Gasteiger charge is 2.14. The SMILES string of the molecule is CCCCCCCCCC(=O)NCC(=O)N/N=C/c1c(OC(=O)c2cccc(C)c2)ccc2ccccc12. The fraction of sp³-hybridized carbons (Fsp3) is 0.355. The molecule has 0 heterocycles. The molecule has 0 saturated carbocycles. The summed E-state index contributed by atoms with van der Waals surface area (Å²) in [5.41, 5.74) is 4.41. The summed E-state index contributed by atoms with van der Waals surface area (Å²) in [4.78, 5) is 37.0. The maximum Gasteiger partial charge on any atom is 0.343 e. The van der Waals surface area contributed by atoms with Crippen LogP contribution in [0.4, 0.5) is 0 Å². The Balaban J connectivity index is 1.55. The topological polar surface area (TPSA) is 96.9 Å². The summed E-state index contributed by atoms with van der Waals surface area (Å²) in [6.45, 7) is 3.94. The summed E-state index contributed by atoms with van der Waals surface area (Å²) in [6.07, 6.45) is 9.79. The average Bonchev–Trinajstić information content (AvgIpc) is 2.92. The number of carbonyl (C=O) groups is 3. The van der Waals surface area contributed by atoms with E-state index in [0.717, 1.165) is 35.6 Å². The molecular formula is C31H37N3O4. The number of amides is 2. The van der Waals surface area contributed by atoms with Gasteiger partial charge in [-0.1, -0.05) is 93.5 Å². The molecule has 0 unspecified atom stereocenters. The Kier molecular flexibility index (Phi) is 11.5. The van der Waals surface area contributed by atoms with Gasteiger partial charge in [-0.2, -0.15) is 5.10 Å². The summed E-state index contributed by atoms with van der Waals surface area (Å²) in [7, 11) is 0. The first-order valence-electron chi connectivity index (χ1n) is 13.4. The first-order valence-corrected chi connectivity index (χ1v) is 13.4. The van der Waals surface area contributed by atoms with Crippen molar-refractivity contribution in [2.45, 2.75) is 65.2 Å². The van der Waals surface area contributed by atoms with Gasteiger partial charge in [0.15, 0.2) is 0 Å². The van der Waals surface area contributed by atoms with E-state index in [1.54, 1.807) is 24.3 Å². The van der Waals surface area contributed by atoms with Crippen molar-refractivity contribution in [2.24, 2.45) is 5.10 Å². The molecule has 0 fully saturated rings. The second kappa shape index (κ2) is 15.3. The number of rotatable bonds is 14. The predicted molar refractivity (Wildman–Crippen MR) is 151 cm³/mol. The van der Waals surface area contributed by atoms with Crippen molar-refractivity contribution in [2.75, 3.05) is 6.54 Å². The average molecular weight is 516 g/mol. The van der Waals surface area contributed by atoms with Crippen LogP contribution in [0.1, 0.15) is 79.8 Å². The number of fused-ring (bicyclic) bond motifs is 1. The summed E-state index contributed by atoms with van der Waals surface area (Å²) in [5.74, 6) is -0.729. The van der Waals surface area contributed by atoms with Gasteiger partial charge >= 0.3 is 5.97 Å². The van der Waals surface area contributed by atoms with Crippen LogP contribution in [0, 0.1) is 6.92 Å². The number of hydrogen-bond donors (Lipinski definition) is 2. The summed E-state index contributed by atoms with van der Waals surface area (Å²) in [6, 6.07) is 18.4. The molecule has 3 aromatic carbocycles. The number of unbranched alkanes of at least 4 members (excludes halogenated alkanes) is 6. The molecule has 0 aliphatic heterocycles. The number of hydrogen-bond acceptors (Lipinski definition) is 5. The molecule has 2 N–H and O–H groups in total. The molecule has 7 nitrogen and oxygen atoms in total. The molecule has 7 heteroatoms. The van der Waals surface area contributed by atoms with Crippen LogP contribution < -0.4 is 15.5 Å². The molecule has 2 amide bonds.